The molecule has 1 amide bonds. The van der Waals surface area contributed by atoms with Gasteiger partial charge in [0.1, 0.15) is 0 Å². The molecule has 0 aliphatic heterocycles. The number of thioether (sulfide) groups is 1. The maximum Gasteiger partial charge on any atom is 0.221 e. The number of hydrogen-bond acceptors (Lipinski definition) is 4. The molecule has 5 heteroatoms. The van der Waals surface area contributed by atoms with Crippen LogP contribution in [-0.2, 0) is 4.79 Å². The van der Waals surface area contributed by atoms with Crippen molar-refractivity contribution in [2.45, 2.75) is 43.4 Å². The van der Waals surface area contributed by atoms with Crippen LogP contribution in [0.4, 0.5) is 5.69 Å². The molecule has 0 aromatic heterocycles. The van der Waals surface area contributed by atoms with Crippen LogP contribution in [0, 0.1) is 5.92 Å². The summed E-state index contributed by atoms with van der Waals surface area (Å²) < 4.78 is 0. The zero-order valence-corrected chi connectivity index (χ0v) is 13.1. The highest BCUT2D eigenvalue weighted by atomic mass is 32.2. The molecule has 1 rings (SSSR count). The Bertz CT molecular complexity index is 420. The third-order valence-electron chi connectivity index (χ3n) is 2.86. The first-order valence-corrected chi connectivity index (χ1v) is 7.71. The fourth-order valence-corrected chi connectivity index (χ4v) is 2.95. The fraction of sp³-hybridized carbons (Fsp3) is 0.533. The molecule has 4 N–H and O–H groups in total. The normalized spacial score (nSPS) is 14.1. The zero-order chi connectivity index (χ0) is 15.1. The molecule has 0 saturated carbocycles. The number of amides is 1. The molecule has 1 aromatic rings. The summed E-state index contributed by atoms with van der Waals surface area (Å²) in [7, 11) is 0. The first-order chi connectivity index (χ1) is 9.42. The highest BCUT2D eigenvalue weighted by Crippen LogP contribution is 2.27. The number of carbonyl (C=O) groups is 1. The summed E-state index contributed by atoms with van der Waals surface area (Å²) in [5.74, 6) is 0.430. The number of nitrogens with one attached hydrogen (secondary N) is 1. The third kappa shape index (κ3) is 5.94. The standard InChI is InChI=1S/C15H24N2O2S/c1-10(2)8-14(16)15(9-18)20-13-6-4-12(5-7-13)17-11(3)19/h4-7,10,14-15,18H,8-9,16H2,1-3H3,(H,17,19). The van der Waals surface area contributed by atoms with Gasteiger partial charge in [0.15, 0.2) is 0 Å². The Labute approximate surface area is 125 Å². The predicted molar refractivity (Wildman–Crippen MR) is 84.9 cm³/mol. The van der Waals surface area contributed by atoms with Gasteiger partial charge < -0.3 is 16.2 Å². The van der Waals surface area contributed by atoms with E-state index in [1.165, 1.54) is 6.92 Å². The van der Waals surface area contributed by atoms with Gasteiger partial charge in [-0.3, -0.25) is 4.79 Å². The van der Waals surface area contributed by atoms with E-state index in [1.54, 1.807) is 11.8 Å². The molecule has 2 unspecified atom stereocenters. The molecule has 4 nitrogen and oxygen atoms in total. The molecule has 0 saturated heterocycles. The van der Waals surface area contributed by atoms with Crippen LogP contribution >= 0.6 is 11.8 Å². The smallest absolute Gasteiger partial charge is 0.221 e. The SMILES string of the molecule is CC(=O)Nc1ccc(SC(CO)C(N)CC(C)C)cc1. The number of anilines is 1. The van der Waals surface area contributed by atoms with Gasteiger partial charge in [0.2, 0.25) is 5.91 Å². The monoisotopic (exact) mass is 296 g/mol. The van der Waals surface area contributed by atoms with Gasteiger partial charge in [0.25, 0.3) is 0 Å². The lowest BCUT2D eigenvalue weighted by Crippen LogP contribution is -2.36. The lowest BCUT2D eigenvalue weighted by Gasteiger charge is -2.23. The van der Waals surface area contributed by atoms with E-state index in [0.29, 0.717) is 5.92 Å². The van der Waals surface area contributed by atoms with Crippen molar-refractivity contribution < 1.29 is 9.90 Å². The van der Waals surface area contributed by atoms with Crippen LogP contribution in [0.2, 0.25) is 0 Å². The van der Waals surface area contributed by atoms with E-state index in [0.717, 1.165) is 17.0 Å². The Hall–Kier alpha value is -1.04. The van der Waals surface area contributed by atoms with E-state index in [9.17, 15) is 9.90 Å². The van der Waals surface area contributed by atoms with Gasteiger partial charge in [-0.1, -0.05) is 13.8 Å². The molecule has 20 heavy (non-hydrogen) atoms. The number of nitrogens with two attached hydrogens (primary N) is 1. The van der Waals surface area contributed by atoms with Crippen LogP contribution in [0.1, 0.15) is 27.2 Å². The second kappa shape index (κ2) is 8.29. The molecule has 0 heterocycles. The molecule has 0 fully saturated rings. The molecule has 0 aliphatic carbocycles. The molecule has 112 valence electrons. The van der Waals surface area contributed by atoms with Gasteiger partial charge in [-0.15, -0.1) is 11.8 Å². The van der Waals surface area contributed by atoms with Crippen LogP contribution < -0.4 is 11.1 Å². The van der Waals surface area contributed by atoms with Crippen LogP contribution in [0.25, 0.3) is 0 Å². The van der Waals surface area contributed by atoms with Crippen LogP contribution in [0.15, 0.2) is 29.2 Å². The zero-order valence-electron chi connectivity index (χ0n) is 12.3. The van der Waals surface area contributed by atoms with Crippen molar-refractivity contribution >= 4 is 23.4 Å². The predicted octanol–water partition coefficient (Wildman–Crippen LogP) is 2.47. The summed E-state index contributed by atoms with van der Waals surface area (Å²) in [5, 5.41) is 12.2. The van der Waals surface area contributed by atoms with E-state index in [2.05, 4.69) is 19.2 Å². The summed E-state index contributed by atoms with van der Waals surface area (Å²) in [6, 6.07) is 7.54. The molecule has 1 aromatic carbocycles. The van der Waals surface area contributed by atoms with Crippen molar-refractivity contribution in [2.75, 3.05) is 11.9 Å². The second-order valence-electron chi connectivity index (χ2n) is 5.34. The Morgan fingerprint density at radius 1 is 1.35 bits per heavy atom. The molecule has 0 aliphatic rings. The highest BCUT2D eigenvalue weighted by Gasteiger charge is 2.19. The van der Waals surface area contributed by atoms with Gasteiger partial charge in [0, 0.05) is 28.8 Å². The minimum Gasteiger partial charge on any atom is -0.395 e. The largest absolute Gasteiger partial charge is 0.395 e. The van der Waals surface area contributed by atoms with E-state index in [4.69, 9.17) is 5.73 Å². The molecule has 0 radical (unpaired) electrons. The second-order valence-corrected chi connectivity index (χ2v) is 6.65. The topological polar surface area (TPSA) is 75.3 Å². The lowest BCUT2D eigenvalue weighted by molar-refractivity contribution is -0.114. The van der Waals surface area contributed by atoms with Crippen LogP contribution in [-0.4, -0.2) is 28.9 Å². The maximum atomic E-state index is 10.9. The summed E-state index contributed by atoms with van der Waals surface area (Å²) >= 11 is 1.58. The Kier molecular flexibility index (Phi) is 7.05. The van der Waals surface area contributed by atoms with Gasteiger partial charge in [-0.2, -0.15) is 0 Å². The van der Waals surface area contributed by atoms with Crippen molar-refractivity contribution in [3.63, 3.8) is 0 Å². The number of hydrogen-bond donors (Lipinski definition) is 3. The van der Waals surface area contributed by atoms with Gasteiger partial charge in [-0.25, -0.2) is 0 Å². The first-order valence-electron chi connectivity index (χ1n) is 6.83. The number of carbonyl (C=O) groups excluding carboxylic acids is 1. The molecular weight excluding hydrogens is 272 g/mol. The van der Waals surface area contributed by atoms with Crippen molar-refractivity contribution in [3.8, 4) is 0 Å². The van der Waals surface area contributed by atoms with E-state index in [1.807, 2.05) is 24.3 Å². The van der Waals surface area contributed by atoms with E-state index >= 15 is 0 Å². The number of aliphatic hydroxyl groups excluding tert-OH is 1. The number of rotatable bonds is 7. The van der Waals surface area contributed by atoms with Crippen LogP contribution in [0.5, 0.6) is 0 Å². The number of aliphatic hydroxyl groups is 1. The van der Waals surface area contributed by atoms with Crippen molar-refractivity contribution in [3.05, 3.63) is 24.3 Å². The molecule has 0 bridgehead atoms. The Balaban J connectivity index is 2.63. The maximum absolute atomic E-state index is 10.9. The summed E-state index contributed by atoms with van der Waals surface area (Å²) in [5.41, 5.74) is 6.91. The minimum absolute atomic E-state index is 0.0102. The third-order valence-corrected chi connectivity index (χ3v) is 4.21. The Morgan fingerprint density at radius 3 is 2.40 bits per heavy atom. The van der Waals surface area contributed by atoms with Gasteiger partial charge in [0.05, 0.1) is 6.61 Å². The summed E-state index contributed by atoms with van der Waals surface area (Å²) in [4.78, 5) is 12.0. The highest BCUT2D eigenvalue weighted by molar-refractivity contribution is 8.00. The van der Waals surface area contributed by atoms with Crippen molar-refractivity contribution in [1.82, 2.24) is 0 Å². The average molecular weight is 296 g/mol. The summed E-state index contributed by atoms with van der Waals surface area (Å²) in [6.45, 7) is 5.80. The van der Waals surface area contributed by atoms with Gasteiger partial charge in [-0.05, 0) is 36.6 Å². The fourth-order valence-electron chi connectivity index (χ4n) is 1.95. The quantitative estimate of drug-likeness (QED) is 0.676. The Morgan fingerprint density at radius 2 is 1.95 bits per heavy atom. The van der Waals surface area contributed by atoms with Crippen LogP contribution in [0.3, 0.4) is 0 Å². The molecule has 0 spiro atoms. The first kappa shape index (κ1) is 17.0. The van der Waals surface area contributed by atoms with Crippen molar-refractivity contribution in [1.29, 1.82) is 0 Å². The lowest BCUT2D eigenvalue weighted by atomic mass is 10.0. The molecule has 2 atom stereocenters. The number of benzene rings is 1. The van der Waals surface area contributed by atoms with E-state index < -0.39 is 0 Å². The van der Waals surface area contributed by atoms with Crippen molar-refractivity contribution in [2.24, 2.45) is 11.7 Å². The van der Waals surface area contributed by atoms with E-state index in [-0.39, 0.29) is 23.8 Å². The minimum atomic E-state index is -0.0856. The molecular formula is C15H24N2O2S. The van der Waals surface area contributed by atoms with Gasteiger partial charge >= 0.3 is 0 Å². The average Bonchev–Trinajstić information content (AvgIpc) is 2.36. The summed E-state index contributed by atoms with van der Waals surface area (Å²) in [6.07, 6.45) is 0.891.